The fourth-order valence-electron chi connectivity index (χ4n) is 10.3. The van der Waals surface area contributed by atoms with Gasteiger partial charge in [-0.1, -0.05) is 71.0 Å². The maximum atomic E-state index is 13.9. The average molecular weight is 819 g/mol. The number of imidazole rings is 2. The van der Waals surface area contributed by atoms with Gasteiger partial charge in [0.25, 0.3) is 0 Å². The largest absolute Gasteiger partial charge is 0.453 e. The normalized spacial score (nSPS) is 22.9. The summed E-state index contributed by atoms with van der Waals surface area (Å²) in [5.74, 6) is 2.32. The highest BCUT2D eigenvalue weighted by Gasteiger charge is 2.43. The van der Waals surface area contributed by atoms with Crippen LogP contribution in [0.5, 0.6) is 0 Å². The van der Waals surface area contributed by atoms with E-state index in [0.29, 0.717) is 24.9 Å². The molecule has 14 nitrogen and oxygen atoms in total. The van der Waals surface area contributed by atoms with Crippen LogP contribution in [0.2, 0.25) is 0 Å². The molecule has 4 N–H and O–H groups in total. The van der Waals surface area contributed by atoms with Crippen LogP contribution in [0.3, 0.4) is 0 Å². The fraction of sp³-hybridized carbons (Fsp3) is 0.522. The molecule has 4 heterocycles. The molecular weight excluding hydrogens is 761 g/mol. The lowest BCUT2D eigenvalue weighted by Crippen LogP contribution is -2.51. The Bertz CT molecular complexity index is 2250. The number of rotatable bonds is 11. The zero-order valence-electron chi connectivity index (χ0n) is 35.7. The van der Waals surface area contributed by atoms with Gasteiger partial charge in [-0.15, -0.1) is 0 Å². The number of nitrogens with zero attached hydrogens (tertiary/aromatic N) is 4. The number of hydrogen-bond donors (Lipinski definition) is 4. The van der Waals surface area contributed by atoms with Crippen molar-refractivity contribution >= 4 is 24.0 Å². The van der Waals surface area contributed by atoms with Crippen LogP contribution in [0.1, 0.15) is 120 Å². The van der Waals surface area contributed by atoms with Crippen LogP contribution in [0.4, 0.5) is 9.59 Å². The first-order valence-corrected chi connectivity index (χ1v) is 21.5. The van der Waals surface area contributed by atoms with Crippen LogP contribution < -0.4 is 10.6 Å². The molecule has 1 saturated carbocycles. The fourth-order valence-corrected chi connectivity index (χ4v) is 10.3. The van der Waals surface area contributed by atoms with Crippen molar-refractivity contribution < 1.29 is 28.7 Å². The van der Waals surface area contributed by atoms with Gasteiger partial charge in [0.1, 0.15) is 23.7 Å². The molecule has 2 aromatic carbocycles. The highest BCUT2D eigenvalue weighted by atomic mass is 16.5. The number of amides is 4. The molecule has 2 bridgehead atoms. The quantitative estimate of drug-likeness (QED) is 0.118. The second-order valence-corrected chi connectivity index (χ2v) is 17.9. The molecule has 3 fully saturated rings. The summed E-state index contributed by atoms with van der Waals surface area (Å²) >= 11 is 0. The van der Waals surface area contributed by atoms with Crippen LogP contribution in [0, 0.1) is 17.8 Å². The molecule has 0 radical (unpaired) electrons. The summed E-state index contributed by atoms with van der Waals surface area (Å²) in [6.45, 7) is 11.0. The minimum absolute atomic E-state index is 0.104. The van der Waals surface area contributed by atoms with Gasteiger partial charge in [0.05, 0.1) is 50.1 Å². The maximum Gasteiger partial charge on any atom is 0.407 e. The van der Waals surface area contributed by atoms with Crippen molar-refractivity contribution in [3.8, 4) is 33.6 Å². The number of ether oxygens (including phenoxy) is 2. The maximum absolute atomic E-state index is 13.9. The topological polar surface area (TPSA) is 175 Å². The van der Waals surface area contributed by atoms with Gasteiger partial charge in [-0.3, -0.25) is 9.59 Å². The van der Waals surface area contributed by atoms with Gasteiger partial charge in [0.15, 0.2) is 0 Å². The Labute approximate surface area is 351 Å². The molecule has 14 heteroatoms. The van der Waals surface area contributed by atoms with Crippen LogP contribution in [0.15, 0.2) is 48.8 Å². The van der Waals surface area contributed by atoms with Gasteiger partial charge in [0, 0.05) is 18.7 Å². The standard InChI is InChI=1S/C46H58N8O6/c1-24(2)39(51-45(57)59-6)43(55)53-18-8-9-35(53)41-47-21-33(49-41)28-12-10-27(11-13-28)31-16-17-32(38-30-15-14-29(20-30)37(31)38)34-22-48-42(50-34)36-19-26(5)23-54(36)44(56)40(25(3)4)52-46(58)60-7/h10-13,16-17,21-22,24-26,29-30,35-36,39-40H,8-9,14-15,18-20,23H2,1-7H3,(H,47,49)(H,48,50)(H,51,57)(H,52,58). The minimum atomic E-state index is -0.695. The molecule has 0 spiro atoms. The second kappa shape index (κ2) is 16.8. The van der Waals surface area contributed by atoms with E-state index in [-0.39, 0.29) is 41.7 Å². The van der Waals surface area contributed by atoms with E-state index in [1.54, 1.807) is 0 Å². The van der Waals surface area contributed by atoms with Crippen molar-refractivity contribution in [1.82, 2.24) is 40.4 Å². The average Bonchev–Trinajstić information content (AvgIpc) is 4.11. The molecule has 2 saturated heterocycles. The zero-order chi connectivity index (χ0) is 42.4. The van der Waals surface area contributed by atoms with Crippen molar-refractivity contribution in [3.05, 3.63) is 71.6 Å². The number of likely N-dealkylation sites (tertiary alicyclic amines) is 2. The molecule has 8 rings (SSSR count). The Hall–Kier alpha value is -5.66. The lowest BCUT2D eigenvalue weighted by Gasteiger charge is -2.30. The Morgan fingerprint density at radius 2 is 1.22 bits per heavy atom. The highest BCUT2D eigenvalue weighted by molar-refractivity contribution is 5.87. The highest BCUT2D eigenvalue weighted by Crippen LogP contribution is 2.58. The molecule has 4 aromatic rings. The first kappa shape index (κ1) is 41.1. The molecule has 318 valence electrons. The van der Waals surface area contributed by atoms with Gasteiger partial charge >= 0.3 is 12.2 Å². The van der Waals surface area contributed by atoms with E-state index in [9.17, 15) is 19.2 Å². The van der Waals surface area contributed by atoms with Gasteiger partial charge in [-0.2, -0.15) is 0 Å². The number of alkyl carbamates (subject to hydrolysis) is 2. The molecule has 2 aliphatic heterocycles. The summed E-state index contributed by atoms with van der Waals surface area (Å²) in [4.78, 5) is 72.2. The lowest BCUT2D eigenvalue weighted by molar-refractivity contribution is -0.136. The summed E-state index contributed by atoms with van der Waals surface area (Å²) < 4.78 is 9.62. The Morgan fingerprint density at radius 1 is 0.683 bits per heavy atom. The summed E-state index contributed by atoms with van der Waals surface area (Å²) in [6, 6.07) is 11.3. The van der Waals surface area contributed by atoms with Crippen molar-refractivity contribution in [3.63, 3.8) is 0 Å². The summed E-state index contributed by atoms with van der Waals surface area (Å²) in [6.07, 6.45) is 8.46. The van der Waals surface area contributed by atoms with Gasteiger partial charge in [-0.25, -0.2) is 19.6 Å². The number of aromatic nitrogens is 4. The van der Waals surface area contributed by atoms with Crippen LogP contribution in [-0.4, -0.2) is 93.1 Å². The van der Waals surface area contributed by atoms with Gasteiger partial charge in [-0.05, 0) is 95.9 Å². The first-order valence-electron chi connectivity index (χ1n) is 21.5. The van der Waals surface area contributed by atoms with Crippen molar-refractivity contribution in [1.29, 1.82) is 0 Å². The van der Waals surface area contributed by atoms with Crippen molar-refractivity contribution in [2.24, 2.45) is 17.8 Å². The third kappa shape index (κ3) is 7.64. The minimum Gasteiger partial charge on any atom is -0.453 e. The van der Waals surface area contributed by atoms with Crippen molar-refractivity contribution in [2.45, 2.75) is 109 Å². The number of methoxy groups -OCH3 is 2. The van der Waals surface area contributed by atoms with Gasteiger partial charge in [0.2, 0.25) is 11.8 Å². The number of aromatic amines is 2. The molecule has 7 atom stereocenters. The summed E-state index contributed by atoms with van der Waals surface area (Å²) in [7, 11) is 2.61. The van der Waals surface area contributed by atoms with Crippen LogP contribution in [0.25, 0.3) is 33.6 Å². The van der Waals surface area contributed by atoms with Gasteiger partial charge < -0.3 is 39.9 Å². The molecule has 4 amide bonds. The Morgan fingerprint density at radius 3 is 1.83 bits per heavy atom. The van der Waals surface area contributed by atoms with E-state index in [0.717, 1.165) is 54.3 Å². The molecule has 60 heavy (non-hydrogen) atoms. The number of hydrogen-bond acceptors (Lipinski definition) is 8. The van der Waals surface area contributed by atoms with E-state index < -0.39 is 24.3 Å². The van der Waals surface area contributed by atoms with E-state index in [1.165, 1.54) is 54.9 Å². The predicted molar refractivity (Wildman–Crippen MR) is 227 cm³/mol. The third-order valence-electron chi connectivity index (χ3n) is 13.3. The number of nitrogens with one attached hydrogen (secondary N) is 4. The predicted octanol–water partition coefficient (Wildman–Crippen LogP) is 7.83. The zero-order valence-corrected chi connectivity index (χ0v) is 35.7. The molecule has 2 aliphatic carbocycles. The Kier molecular flexibility index (Phi) is 11.5. The van der Waals surface area contributed by atoms with E-state index in [1.807, 2.05) is 49.9 Å². The first-order chi connectivity index (χ1) is 28.9. The van der Waals surface area contributed by atoms with E-state index in [2.05, 4.69) is 63.9 Å². The molecule has 7 unspecified atom stereocenters. The summed E-state index contributed by atoms with van der Waals surface area (Å²) in [5.41, 5.74) is 9.31. The number of carbonyl (C=O) groups is 4. The second-order valence-electron chi connectivity index (χ2n) is 17.9. The lowest BCUT2D eigenvalue weighted by atomic mass is 9.82. The molecular formula is C46H58N8O6. The number of fused-ring (bicyclic) bond motifs is 5. The third-order valence-corrected chi connectivity index (χ3v) is 13.3. The van der Waals surface area contributed by atoms with Crippen molar-refractivity contribution in [2.75, 3.05) is 27.3 Å². The Balaban J connectivity index is 1.02. The summed E-state index contributed by atoms with van der Waals surface area (Å²) in [5, 5.41) is 5.47. The smallest absolute Gasteiger partial charge is 0.407 e. The van der Waals surface area contributed by atoms with E-state index in [4.69, 9.17) is 19.4 Å². The molecule has 2 aromatic heterocycles. The number of H-pyrrole nitrogens is 2. The monoisotopic (exact) mass is 818 g/mol. The molecule has 4 aliphatic rings. The SMILES string of the molecule is COC(=O)NC(C(=O)N1CCCC1c1ncc(-c2ccc(-c3ccc(-c4cnc(C5CC(C)CN5C(=O)C(NC(=O)OC)C(C)C)[nH]4)c4c3C3CCC4C3)cc2)[nH]1)C(C)C. The number of benzene rings is 2. The number of carbonyl (C=O) groups excluding carboxylic acids is 4. The van der Waals surface area contributed by atoms with Crippen LogP contribution >= 0.6 is 0 Å². The van der Waals surface area contributed by atoms with Crippen LogP contribution in [-0.2, 0) is 19.1 Å². The van der Waals surface area contributed by atoms with E-state index >= 15 is 0 Å².